The number of hydrogen-bond acceptors (Lipinski definition) is 6. The topological polar surface area (TPSA) is 85.1 Å². The summed E-state index contributed by atoms with van der Waals surface area (Å²) in [5.74, 6) is 0.603. The molecule has 1 amide bonds. The molecule has 2 aromatic carbocycles. The molecule has 2 aromatic heterocycles. The van der Waals surface area contributed by atoms with E-state index < -0.39 is 0 Å². The molecule has 0 fully saturated rings. The summed E-state index contributed by atoms with van der Waals surface area (Å²) in [5, 5.41) is 13.3. The number of pyridine rings is 1. The predicted octanol–water partition coefficient (Wildman–Crippen LogP) is 4.33. The lowest BCUT2D eigenvalue weighted by Gasteiger charge is -2.10. The zero-order valence-electron chi connectivity index (χ0n) is 16.2. The fourth-order valence-corrected chi connectivity index (χ4v) is 3.75. The Morgan fingerprint density at radius 1 is 1.03 bits per heavy atom. The Hall–Kier alpha value is -3.30. The smallest absolute Gasteiger partial charge is 0.250 e. The quantitative estimate of drug-likeness (QED) is 0.235. The number of halogens is 1. The van der Waals surface area contributed by atoms with E-state index in [4.69, 9.17) is 0 Å². The van der Waals surface area contributed by atoms with Crippen molar-refractivity contribution in [3.05, 3.63) is 89.2 Å². The first-order valence-corrected chi connectivity index (χ1v) is 11.1. The van der Waals surface area contributed by atoms with Crippen molar-refractivity contribution in [3.8, 4) is 17.1 Å². The molecule has 0 bridgehead atoms. The fraction of sp³-hybridized carbons (Fsp3) is 0.0455. The Bertz CT molecular complexity index is 1180. The molecule has 154 valence electrons. The number of amides is 1. The summed E-state index contributed by atoms with van der Waals surface area (Å²) < 4.78 is 2.92. The minimum absolute atomic E-state index is 0.142. The summed E-state index contributed by atoms with van der Waals surface area (Å²) in [5.41, 5.74) is 5.02. The Balaban J connectivity index is 1.51. The fourth-order valence-electron chi connectivity index (χ4n) is 2.75. The summed E-state index contributed by atoms with van der Waals surface area (Å²) in [6, 6.07) is 23.2. The van der Waals surface area contributed by atoms with Crippen LogP contribution in [0.1, 0.15) is 5.69 Å². The molecule has 0 saturated carbocycles. The van der Waals surface area contributed by atoms with Crippen LogP contribution >= 0.6 is 27.7 Å². The number of aromatic nitrogens is 4. The van der Waals surface area contributed by atoms with Gasteiger partial charge in [-0.3, -0.25) is 14.3 Å². The molecule has 9 heteroatoms. The second kappa shape index (κ2) is 10.1. The maximum Gasteiger partial charge on any atom is 0.250 e. The minimum Gasteiger partial charge on any atom is -0.272 e. The Morgan fingerprint density at radius 2 is 1.81 bits per heavy atom. The normalized spacial score (nSPS) is 11.0. The van der Waals surface area contributed by atoms with E-state index in [0.717, 1.165) is 15.7 Å². The van der Waals surface area contributed by atoms with Crippen LogP contribution in [0.25, 0.3) is 17.1 Å². The highest BCUT2D eigenvalue weighted by molar-refractivity contribution is 9.10. The van der Waals surface area contributed by atoms with E-state index in [9.17, 15) is 4.79 Å². The van der Waals surface area contributed by atoms with Crippen LogP contribution in [-0.4, -0.2) is 37.6 Å². The van der Waals surface area contributed by atoms with E-state index in [-0.39, 0.29) is 11.7 Å². The number of nitrogens with one attached hydrogen (secondary N) is 1. The molecule has 7 nitrogen and oxygen atoms in total. The molecule has 4 rings (SSSR count). The first kappa shape index (κ1) is 21.0. The van der Waals surface area contributed by atoms with Gasteiger partial charge < -0.3 is 0 Å². The average Bonchev–Trinajstić information content (AvgIpc) is 3.23. The zero-order valence-corrected chi connectivity index (χ0v) is 18.6. The number of thioether (sulfide) groups is 1. The van der Waals surface area contributed by atoms with Gasteiger partial charge in [-0.15, -0.1) is 10.2 Å². The van der Waals surface area contributed by atoms with E-state index >= 15 is 0 Å². The summed E-state index contributed by atoms with van der Waals surface area (Å²) in [4.78, 5) is 16.4. The summed E-state index contributed by atoms with van der Waals surface area (Å²) in [6.45, 7) is 0. The Labute approximate surface area is 191 Å². The van der Waals surface area contributed by atoms with Gasteiger partial charge in [0.1, 0.15) is 0 Å². The molecular formula is C22H17BrN6OS. The third-order valence-electron chi connectivity index (χ3n) is 4.16. The zero-order chi connectivity index (χ0) is 21.5. The monoisotopic (exact) mass is 492 g/mol. The van der Waals surface area contributed by atoms with Crippen LogP contribution in [0.2, 0.25) is 0 Å². The SMILES string of the molecule is O=C(CSc1nnc(-c2ccccc2)n1-c1ccc(Br)cc1)N/N=C/c1ccccn1. The number of rotatable bonds is 7. The van der Waals surface area contributed by atoms with Gasteiger partial charge >= 0.3 is 0 Å². The first-order valence-electron chi connectivity index (χ1n) is 9.33. The van der Waals surface area contributed by atoms with Crippen molar-refractivity contribution in [2.24, 2.45) is 5.10 Å². The Kier molecular flexibility index (Phi) is 6.85. The number of carbonyl (C=O) groups is 1. The number of hydrazone groups is 1. The summed E-state index contributed by atoms with van der Waals surface area (Å²) in [7, 11) is 0. The molecule has 0 unspecified atom stereocenters. The van der Waals surface area contributed by atoms with Crippen molar-refractivity contribution < 1.29 is 4.79 Å². The maximum absolute atomic E-state index is 12.2. The molecule has 2 heterocycles. The van der Waals surface area contributed by atoms with Gasteiger partial charge in [-0.25, -0.2) is 5.43 Å². The lowest BCUT2D eigenvalue weighted by Crippen LogP contribution is -2.20. The summed E-state index contributed by atoms with van der Waals surface area (Å²) >= 11 is 4.76. The van der Waals surface area contributed by atoms with Crippen molar-refractivity contribution in [2.75, 3.05) is 5.75 Å². The molecule has 0 saturated heterocycles. The summed E-state index contributed by atoms with van der Waals surface area (Å²) in [6.07, 6.45) is 3.17. The standard InChI is InChI=1S/C22H17BrN6OS/c23-17-9-11-19(12-10-17)29-21(16-6-2-1-3-7-16)27-28-22(29)31-15-20(30)26-25-14-18-8-4-5-13-24-18/h1-14H,15H2,(H,26,30)/b25-14+. The number of hydrogen-bond donors (Lipinski definition) is 1. The minimum atomic E-state index is -0.246. The van der Waals surface area contributed by atoms with Crippen LogP contribution < -0.4 is 5.43 Å². The van der Waals surface area contributed by atoms with Crippen LogP contribution in [0.4, 0.5) is 0 Å². The molecule has 31 heavy (non-hydrogen) atoms. The molecule has 0 aliphatic carbocycles. The highest BCUT2D eigenvalue weighted by Gasteiger charge is 2.17. The van der Waals surface area contributed by atoms with Gasteiger partial charge in [-0.2, -0.15) is 5.10 Å². The third kappa shape index (κ3) is 5.44. The van der Waals surface area contributed by atoms with Crippen LogP contribution in [-0.2, 0) is 4.79 Å². The van der Waals surface area contributed by atoms with Crippen LogP contribution in [0, 0.1) is 0 Å². The average molecular weight is 493 g/mol. The second-order valence-corrected chi connectivity index (χ2v) is 8.18. The van der Waals surface area contributed by atoms with Crippen LogP contribution in [0.3, 0.4) is 0 Å². The lowest BCUT2D eigenvalue weighted by atomic mass is 10.2. The molecule has 0 aliphatic heterocycles. The lowest BCUT2D eigenvalue weighted by molar-refractivity contribution is -0.118. The largest absolute Gasteiger partial charge is 0.272 e. The highest BCUT2D eigenvalue weighted by atomic mass is 79.9. The molecule has 0 aliphatic rings. The molecule has 4 aromatic rings. The van der Waals surface area contributed by atoms with Crippen molar-refractivity contribution in [3.63, 3.8) is 0 Å². The third-order valence-corrected chi connectivity index (χ3v) is 5.61. The van der Waals surface area contributed by atoms with Crippen molar-refractivity contribution >= 4 is 39.8 Å². The van der Waals surface area contributed by atoms with Gasteiger partial charge in [-0.1, -0.05) is 64.1 Å². The number of benzene rings is 2. The van der Waals surface area contributed by atoms with Gasteiger partial charge in [0.2, 0.25) is 0 Å². The van der Waals surface area contributed by atoms with Gasteiger partial charge in [0, 0.05) is 21.9 Å². The maximum atomic E-state index is 12.2. The van der Waals surface area contributed by atoms with E-state index in [1.54, 1.807) is 12.3 Å². The van der Waals surface area contributed by atoms with Gasteiger partial charge in [0.05, 0.1) is 17.7 Å². The second-order valence-electron chi connectivity index (χ2n) is 6.32. The van der Waals surface area contributed by atoms with E-state index in [2.05, 4.69) is 41.6 Å². The first-order chi connectivity index (χ1) is 15.2. The predicted molar refractivity (Wildman–Crippen MR) is 125 cm³/mol. The van der Waals surface area contributed by atoms with E-state index in [0.29, 0.717) is 16.7 Å². The van der Waals surface area contributed by atoms with Gasteiger partial charge in [-0.05, 0) is 36.4 Å². The Morgan fingerprint density at radius 3 is 2.55 bits per heavy atom. The number of carbonyl (C=O) groups excluding carboxylic acids is 1. The van der Waals surface area contributed by atoms with Crippen molar-refractivity contribution in [2.45, 2.75) is 5.16 Å². The van der Waals surface area contributed by atoms with Crippen molar-refractivity contribution in [1.82, 2.24) is 25.2 Å². The van der Waals surface area contributed by atoms with E-state index in [1.165, 1.54) is 18.0 Å². The molecule has 0 radical (unpaired) electrons. The molecular weight excluding hydrogens is 476 g/mol. The number of nitrogens with zero attached hydrogens (tertiary/aromatic N) is 5. The molecule has 1 N–H and O–H groups in total. The highest BCUT2D eigenvalue weighted by Crippen LogP contribution is 2.28. The van der Waals surface area contributed by atoms with Crippen LogP contribution in [0.15, 0.2) is 93.7 Å². The molecule has 0 atom stereocenters. The molecule has 0 spiro atoms. The van der Waals surface area contributed by atoms with Gasteiger partial charge in [0.15, 0.2) is 11.0 Å². The van der Waals surface area contributed by atoms with Crippen LogP contribution in [0.5, 0.6) is 0 Å². The van der Waals surface area contributed by atoms with E-state index in [1.807, 2.05) is 71.3 Å². The van der Waals surface area contributed by atoms with Crippen molar-refractivity contribution in [1.29, 1.82) is 0 Å². The van der Waals surface area contributed by atoms with Gasteiger partial charge in [0.25, 0.3) is 5.91 Å².